The SMILES string of the molecule is c1ccc(-c2ccccc2-c2ccccc2-c2ccc3[se]c4ccccc4c3c2-c2nnnc(-c3ccccc3)c2-c2ccccc2)cc1. The summed E-state index contributed by atoms with van der Waals surface area (Å²) < 4.78 is 2.74. The van der Waals surface area contributed by atoms with Gasteiger partial charge in [-0.25, -0.2) is 0 Å². The van der Waals surface area contributed by atoms with E-state index in [1.54, 1.807) is 0 Å². The van der Waals surface area contributed by atoms with Crippen LogP contribution in [0.1, 0.15) is 0 Å². The van der Waals surface area contributed by atoms with Gasteiger partial charge in [0.25, 0.3) is 0 Å². The first-order valence-corrected chi connectivity index (χ1v) is 18.1. The number of nitrogens with zero attached hydrogens (tertiary/aromatic N) is 3. The summed E-state index contributed by atoms with van der Waals surface area (Å²) in [6.07, 6.45) is 0. The molecule has 0 saturated carbocycles. The van der Waals surface area contributed by atoms with Gasteiger partial charge in [0.15, 0.2) is 0 Å². The number of benzene rings is 7. The Morgan fingerprint density at radius 3 is 1.53 bits per heavy atom. The molecule has 7 aromatic carbocycles. The molecule has 2 aromatic heterocycles. The number of hydrogen-bond donors (Lipinski definition) is 0. The molecule has 230 valence electrons. The zero-order valence-corrected chi connectivity index (χ0v) is 28.2. The Hall–Kier alpha value is -5.93. The van der Waals surface area contributed by atoms with Gasteiger partial charge < -0.3 is 0 Å². The molecule has 2 heterocycles. The number of aromatic nitrogens is 3. The Bertz CT molecular complexity index is 2590. The Morgan fingerprint density at radius 1 is 0.327 bits per heavy atom. The first-order chi connectivity index (χ1) is 24.3. The summed E-state index contributed by atoms with van der Waals surface area (Å²) in [5.74, 6) is 0. The average Bonchev–Trinajstić information content (AvgIpc) is 3.57. The number of hydrogen-bond acceptors (Lipinski definition) is 3. The molecule has 0 aliphatic heterocycles. The minimum absolute atomic E-state index is 0.175. The number of rotatable bonds is 6. The molecule has 0 saturated heterocycles. The van der Waals surface area contributed by atoms with E-state index in [9.17, 15) is 0 Å². The minimum atomic E-state index is 0.175. The molecule has 0 aliphatic carbocycles. The molecular formula is C45H29N3Se. The van der Waals surface area contributed by atoms with Crippen LogP contribution >= 0.6 is 0 Å². The molecule has 9 rings (SSSR count). The van der Waals surface area contributed by atoms with Gasteiger partial charge >= 0.3 is 292 Å². The molecule has 0 spiro atoms. The summed E-state index contributed by atoms with van der Waals surface area (Å²) in [6.45, 7) is 0. The van der Waals surface area contributed by atoms with Crippen molar-refractivity contribution in [3.63, 3.8) is 0 Å². The van der Waals surface area contributed by atoms with Crippen LogP contribution in [-0.4, -0.2) is 29.9 Å². The van der Waals surface area contributed by atoms with Gasteiger partial charge in [-0.1, -0.05) is 0 Å². The summed E-state index contributed by atoms with van der Waals surface area (Å²) >= 11 is 0.175. The van der Waals surface area contributed by atoms with Crippen LogP contribution in [-0.2, 0) is 0 Å². The van der Waals surface area contributed by atoms with Crippen molar-refractivity contribution in [3.8, 4) is 67.0 Å². The molecule has 4 heteroatoms. The fourth-order valence-corrected chi connectivity index (χ4v) is 9.34. The normalized spacial score (nSPS) is 11.3. The quantitative estimate of drug-likeness (QED) is 0.163. The topological polar surface area (TPSA) is 38.7 Å². The third-order valence-corrected chi connectivity index (χ3v) is 11.6. The number of fused-ring (bicyclic) bond motifs is 3. The van der Waals surface area contributed by atoms with Crippen molar-refractivity contribution in [2.75, 3.05) is 0 Å². The van der Waals surface area contributed by atoms with Gasteiger partial charge in [-0.2, -0.15) is 0 Å². The molecule has 49 heavy (non-hydrogen) atoms. The first-order valence-electron chi connectivity index (χ1n) is 16.4. The van der Waals surface area contributed by atoms with E-state index < -0.39 is 0 Å². The molecule has 0 aliphatic rings. The summed E-state index contributed by atoms with van der Waals surface area (Å²) in [5, 5.41) is 16.7. The van der Waals surface area contributed by atoms with E-state index in [0.29, 0.717) is 0 Å². The molecule has 0 bridgehead atoms. The molecule has 0 unspecified atom stereocenters. The molecule has 0 N–H and O–H groups in total. The standard InChI is InChI=1S/C45H29N3Se/c1-4-16-30(17-5-1)33-22-10-11-23-34(33)35-24-12-13-25-36(35)37-28-29-40-42(38-26-14-15-27-39(38)49-40)43(37)45-41(31-18-6-2-7-19-31)44(46-48-47-45)32-20-8-3-9-21-32/h1-29H. The van der Waals surface area contributed by atoms with Crippen molar-refractivity contribution < 1.29 is 0 Å². The second kappa shape index (κ2) is 12.6. The van der Waals surface area contributed by atoms with E-state index >= 15 is 0 Å². The van der Waals surface area contributed by atoms with Crippen LogP contribution in [0, 0.1) is 0 Å². The zero-order valence-electron chi connectivity index (χ0n) is 26.5. The van der Waals surface area contributed by atoms with E-state index in [4.69, 9.17) is 10.2 Å². The van der Waals surface area contributed by atoms with Crippen molar-refractivity contribution in [2.45, 2.75) is 0 Å². The summed E-state index contributed by atoms with van der Waals surface area (Å²) in [4.78, 5) is 0. The van der Waals surface area contributed by atoms with Gasteiger partial charge in [0.05, 0.1) is 0 Å². The third-order valence-electron chi connectivity index (χ3n) is 9.17. The maximum atomic E-state index is 4.96. The van der Waals surface area contributed by atoms with Crippen LogP contribution in [0.25, 0.3) is 86.3 Å². The second-order valence-electron chi connectivity index (χ2n) is 12.0. The second-order valence-corrected chi connectivity index (χ2v) is 14.3. The van der Waals surface area contributed by atoms with Crippen LogP contribution in [0.2, 0.25) is 0 Å². The fourth-order valence-electron chi connectivity index (χ4n) is 7.00. The fraction of sp³-hybridized carbons (Fsp3) is 0. The predicted octanol–water partition coefficient (Wildman–Crippen LogP) is 11.2. The maximum absolute atomic E-state index is 4.96. The Labute approximate surface area is 290 Å². The van der Waals surface area contributed by atoms with Gasteiger partial charge in [-0.15, -0.1) is 0 Å². The van der Waals surface area contributed by atoms with Crippen molar-refractivity contribution in [2.24, 2.45) is 0 Å². The van der Waals surface area contributed by atoms with E-state index in [1.165, 1.54) is 41.5 Å². The molecule has 0 radical (unpaired) electrons. The van der Waals surface area contributed by atoms with Crippen molar-refractivity contribution in [3.05, 3.63) is 176 Å². The van der Waals surface area contributed by atoms with Crippen LogP contribution in [0.15, 0.2) is 176 Å². The molecule has 0 amide bonds. The Kier molecular flexibility index (Phi) is 7.51. The zero-order chi connectivity index (χ0) is 32.6. The molecule has 9 aromatic rings. The van der Waals surface area contributed by atoms with Crippen LogP contribution in [0.4, 0.5) is 0 Å². The van der Waals surface area contributed by atoms with Gasteiger partial charge in [0.2, 0.25) is 0 Å². The van der Waals surface area contributed by atoms with E-state index in [1.807, 2.05) is 6.07 Å². The van der Waals surface area contributed by atoms with Gasteiger partial charge in [-0.05, 0) is 0 Å². The van der Waals surface area contributed by atoms with Gasteiger partial charge in [0.1, 0.15) is 0 Å². The summed E-state index contributed by atoms with van der Waals surface area (Å²) in [7, 11) is 0. The average molecular weight is 691 g/mol. The monoisotopic (exact) mass is 691 g/mol. The van der Waals surface area contributed by atoms with Crippen molar-refractivity contribution >= 4 is 33.8 Å². The van der Waals surface area contributed by atoms with Crippen LogP contribution in [0.5, 0.6) is 0 Å². The molecule has 3 nitrogen and oxygen atoms in total. The van der Waals surface area contributed by atoms with Gasteiger partial charge in [-0.3, -0.25) is 0 Å². The summed E-state index contributed by atoms with van der Waals surface area (Å²) in [6, 6.07) is 62.5. The van der Waals surface area contributed by atoms with E-state index in [2.05, 4.69) is 175 Å². The van der Waals surface area contributed by atoms with E-state index in [0.717, 1.165) is 44.8 Å². The Balaban J connectivity index is 1.41. The van der Waals surface area contributed by atoms with Crippen LogP contribution in [0.3, 0.4) is 0 Å². The van der Waals surface area contributed by atoms with Gasteiger partial charge in [0, 0.05) is 0 Å². The first kappa shape index (κ1) is 29.2. The summed E-state index contributed by atoms with van der Waals surface area (Å²) in [5.41, 5.74) is 12.8. The third kappa shape index (κ3) is 5.19. The van der Waals surface area contributed by atoms with Crippen molar-refractivity contribution in [1.29, 1.82) is 0 Å². The van der Waals surface area contributed by atoms with E-state index in [-0.39, 0.29) is 14.5 Å². The van der Waals surface area contributed by atoms with Crippen molar-refractivity contribution in [1.82, 2.24) is 15.4 Å². The Morgan fingerprint density at radius 2 is 0.837 bits per heavy atom. The predicted molar refractivity (Wildman–Crippen MR) is 204 cm³/mol. The molecule has 0 fully saturated rings. The molecular weight excluding hydrogens is 661 g/mol. The van der Waals surface area contributed by atoms with Crippen LogP contribution < -0.4 is 0 Å². The molecule has 0 atom stereocenters.